The van der Waals surface area contributed by atoms with Gasteiger partial charge < -0.3 is 30.7 Å². The van der Waals surface area contributed by atoms with E-state index < -0.39 is 23.6 Å². The van der Waals surface area contributed by atoms with Crippen LogP contribution in [0, 0.1) is 0 Å². The second kappa shape index (κ2) is 11.6. The fourth-order valence-corrected chi connectivity index (χ4v) is 5.19. The lowest BCUT2D eigenvalue weighted by atomic mass is 9.88. The van der Waals surface area contributed by atoms with Gasteiger partial charge in [0.2, 0.25) is 12.7 Å². The molecule has 214 valence electrons. The number of ether oxygens (including phenoxy) is 2. The van der Waals surface area contributed by atoms with Crippen molar-refractivity contribution in [1.82, 2.24) is 20.9 Å². The van der Waals surface area contributed by atoms with Crippen molar-refractivity contribution in [2.24, 2.45) is 0 Å². The molecule has 3 aliphatic rings. The summed E-state index contributed by atoms with van der Waals surface area (Å²) in [6, 6.07) is 9.41. The number of nitrogens with one attached hydrogen (secondary N) is 4. The molecule has 0 bridgehead atoms. The molecule has 1 saturated heterocycles. The maximum Gasteiger partial charge on any atom is 0.416 e. The van der Waals surface area contributed by atoms with Crippen molar-refractivity contribution in [3.63, 3.8) is 0 Å². The second-order valence-electron chi connectivity index (χ2n) is 10.2. The molecule has 1 aliphatic carbocycles. The number of anilines is 1. The molecule has 4 amide bonds. The van der Waals surface area contributed by atoms with Crippen LogP contribution in [-0.2, 0) is 11.0 Å². The molecule has 0 unspecified atom stereocenters. The first-order valence-corrected chi connectivity index (χ1v) is 13.1. The predicted molar refractivity (Wildman–Crippen MR) is 138 cm³/mol. The number of halogens is 3. The lowest BCUT2D eigenvalue weighted by Crippen LogP contribution is -2.63. The number of benzene rings is 2. The summed E-state index contributed by atoms with van der Waals surface area (Å²) in [6.45, 7) is 1.21. The molecule has 10 nitrogen and oxygen atoms in total. The summed E-state index contributed by atoms with van der Waals surface area (Å²) in [5.41, 5.74) is -0.458. The Morgan fingerprint density at radius 3 is 2.40 bits per heavy atom. The highest BCUT2D eigenvalue weighted by atomic mass is 19.4. The average molecular weight is 562 g/mol. The minimum atomic E-state index is -4.55. The topological polar surface area (TPSA) is 121 Å². The molecule has 40 heavy (non-hydrogen) atoms. The van der Waals surface area contributed by atoms with Crippen LogP contribution in [0.5, 0.6) is 11.5 Å². The summed E-state index contributed by atoms with van der Waals surface area (Å²) < 4.78 is 49.2. The number of rotatable bonds is 7. The van der Waals surface area contributed by atoms with Gasteiger partial charge in [0.15, 0.2) is 11.5 Å². The molecule has 2 aromatic carbocycles. The van der Waals surface area contributed by atoms with Gasteiger partial charge in [-0.1, -0.05) is 6.07 Å². The predicted octanol–water partition coefficient (Wildman–Crippen LogP) is 3.10. The molecule has 0 spiro atoms. The monoisotopic (exact) mass is 561 g/mol. The van der Waals surface area contributed by atoms with Crippen LogP contribution in [-0.4, -0.2) is 67.3 Å². The van der Waals surface area contributed by atoms with E-state index in [9.17, 15) is 27.6 Å². The van der Waals surface area contributed by atoms with Gasteiger partial charge in [0.25, 0.3) is 5.91 Å². The third-order valence-corrected chi connectivity index (χ3v) is 7.32. The highest BCUT2D eigenvalue weighted by Gasteiger charge is 2.35. The summed E-state index contributed by atoms with van der Waals surface area (Å²) in [6.07, 6.45) is -1.03. The van der Waals surface area contributed by atoms with Crippen LogP contribution in [0.2, 0.25) is 0 Å². The molecule has 0 radical (unpaired) electrons. The molecular formula is C27H30F3N5O5. The van der Waals surface area contributed by atoms with E-state index in [2.05, 4.69) is 26.2 Å². The standard InChI is InChI=1S/C27H30F3N5O5/c28-27(29,30)17-3-1-2-16(10-17)25(37)31-12-24(36)32-20-13-35(14-20)21-7-4-18(5-8-21)33-26(38)34-19-6-9-22-23(11-19)40-15-39-22/h1-3,6,9-11,18,20-21H,4-5,7-8,12-15H2,(H,31,37)(H,32,36)(H2,33,34,38). The molecule has 0 aromatic heterocycles. The number of alkyl halides is 3. The quantitative estimate of drug-likeness (QED) is 0.413. The van der Waals surface area contributed by atoms with Crippen LogP contribution in [0.15, 0.2) is 42.5 Å². The number of urea groups is 1. The van der Waals surface area contributed by atoms with Crippen molar-refractivity contribution in [2.75, 3.05) is 31.7 Å². The number of likely N-dealkylation sites (tertiary alicyclic amines) is 1. The fourth-order valence-electron chi connectivity index (χ4n) is 5.19. The van der Waals surface area contributed by atoms with Crippen LogP contribution in [0.1, 0.15) is 41.6 Å². The lowest BCUT2D eigenvalue weighted by Gasteiger charge is -2.46. The van der Waals surface area contributed by atoms with Crippen molar-refractivity contribution in [1.29, 1.82) is 0 Å². The van der Waals surface area contributed by atoms with Crippen molar-refractivity contribution in [3.05, 3.63) is 53.6 Å². The third-order valence-electron chi connectivity index (χ3n) is 7.32. The Morgan fingerprint density at radius 2 is 1.65 bits per heavy atom. The first-order valence-electron chi connectivity index (χ1n) is 13.1. The van der Waals surface area contributed by atoms with Gasteiger partial charge >= 0.3 is 12.2 Å². The molecule has 5 rings (SSSR count). The Morgan fingerprint density at radius 1 is 0.900 bits per heavy atom. The minimum Gasteiger partial charge on any atom is -0.454 e. The second-order valence-corrected chi connectivity index (χ2v) is 10.2. The van der Waals surface area contributed by atoms with Gasteiger partial charge in [0.1, 0.15) is 0 Å². The van der Waals surface area contributed by atoms with Crippen LogP contribution >= 0.6 is 0 Å². The van der Waals surface area contributed by atoms with Crippen LogP contribution in [0.4, 0.5) is 23.7 Å². The zero-order valence-corrected chi connectivity index (χ0v) is 21.6. The van der Waals surface area contributed by atoms with Gasteiger partial charge in [0, 0.05) is 42.5 Å². The van der Waals surface area contributed by atoms with Gasteiger partial charge in [-0.3, -0.25) is 14.5 Å². The van der Waals surface area contributed by atoms with Crippen molar-refractivity contribution >= 4 is 23.5 Å². The highest BCUT2D eigenvalue weighted by Crippen LogP contribution is 2.34. The average Bonchev–Trinajstić information content (AvgIpc) is 3.37. The van der Waals surface area contributed by atoms with Crippen LogP contribution in [0.25, 0.3) is 0 Å². The summed E-state index contributed by atoms with van der Waals surface area (Å²) in [4.78, 5) is 39.1. The van der Waals surface area contributed by atoms with Crippen molar-refractivity contribution < 1.29 is 37.0 Å². The Balaban J connectivity index is 0.968. The maximum absolute atomic E-state index is 12.9. The first-order chi connectivity index (χ1) is 19.1. The van der Waals surface area contributed by atoms with Gasteiger partial charge in [-0.05, 0) is 56.0 Å². The fraction of sp³-hybridized carbons (Fsp3) is 0.444. The SMILES string of the molecule is O=C(CNC(=O)c1cccc(C(F)(F)F)c1)NC1CN(C2CCC(NC(=O)Nc3ccc4c(c3)OCO4)CC2)C1. The lowest BCUT2D eigenvalue weighted by molar-refractivity contribution is -0.137. The van der Waals surface area contributed by atoms with Crippen molar-refractivity contribution in [3.8, 4) is 11.5 Å². The summed E-state index contributed by atoms with van der Waals surface area (Å²) in [7, 11) is 0. The number of nitrogens with zero attached hydrogens (tertiary/aromatic N) is 1. The van der Waals surface area contributed by atoms with Gasteiger partial charge in [-0.2, -0.15) is 13.2 Å². The Hall–Kier alpha value is -4.00. The van der Waals surface area contributed by atoms with Crippen LogP contribution < -0.4 is 30.7 Å². The number of hydrogen-bond acceptors (Lipinski definition) is 6. The van der Waals surface area contributed by atoms with Gasteiger partial charge in [0.05, 0.1) is 18.2 Å². The first kappa shape index (κ1) is 27.6. The zero-order valence-electron chi connectivity index (χ0n) is 21.6. The molecule has 13 heteroatoms. The summed E-state index contributed by atoms with van der Waals surface area (Å²) >= 11 is 0. The minimum absolute atomic E-state index is 0.0544. The Kier molecular flexibility index (Phi) is 8.01. The van der Waals surface area contributed by atoms with Gasteiger partial charge in [-0.25, -0.2) is 4.79 Å². The molecule has 2 heterocycles. The number of carbonyl (C=O) groups excluding carboxylic acids is 3. The van der Waals surface area contributed by atoms with E-state index in [1.807, 2.05) is 0 Å². The molecule has 2 aromatic rings. The summed E-state index contributed by atoms with van der Waals surface area (Å²) in [5.74, 6) is 0.109. The maximum atomic E-state index is 12.9. The van der Waals surface area contributed by atoms with E-state index in [4.69, 9.17) is 9.47 Å². The highest BCUT2D eigenvalue weighted by molar-refractivity contribution is 5.96. The Bertz CT molecular complexity index is 1260. The molecule has 4 N–H and O–H groups in total. The van der Waals surface area contributed by atoms with E-state index in [1.54, 1.807) is 18.2 Å². The molecule has 0 atom stereocenters. The molecule has 2 aliphatic heterocycles. The van der Waals surface area contributed by atoms with E-state index in [0.29, 0.717) is 36.3 Å². The van der Waals surface area contributed by atoms with E-state index in [0.717, 1.165) is 43.9 Å². The normalized spacial score (nSPS) is 20.8. The van der Waals surface area contributed by atoms with Gasteiger partial charge in [-0.15, -0.1) is 0 Å². The smallest absolute Gasteiger partial charge is 0.416 e. The molecule has 2 fully saturated rings. The number of fused-ring (bicyclic) bond motifs is 1. The Labute approximate surface area is 228 Å². The number of hydrogen-bond donors (Lipinski definition) is 4. The van der Waals surface area contributed by atoms with Crippen molar-refractivity contribution in [2.45, 2.75) is 50.0 Å². The molecule has 1 saturated carbocycles. The van der Waals surface area contributed by atoms with Crippen LogP contribution in [0.3, 0.4) is 0 Å². The zero-order chi connectivity index (χ0) is 28.3. The number of carbonyl (C=O) groups is 3. The largest absolute Gasteiger partial charge is 0.454 e. The van der Waals surface area contributed by atoms with E-state index in [-0.39, 0.29) is 37.0 Å². The third kappa shape index (κ3) is 6.76. The van der Waals surface area contributed by atoms with E-state index >= 15 is 0 Å². The number of amides is 4. The molecular weight excluding hydrogens is 531 g/mol. The van der Waals surface area contributed by atoms with E-state index in [1.165, 1.54) is 6.07 Å². The summed E-state index contributed by atoms with van der Waals surface area (Å²) in [5, 5.41) is 11.1.